The number of rotatable bonds is 4. The third kappa shape index (κ3) is 4.51. The molecule has 0 aliphatic carbocycles. The highest BCUT2D eigenvalue weighted by molar-refractivity contribution is 8.13. The van der Waals surface area contributed by atoms with E-state index in [1.807, 2.05) is 0 Å². The molecule has 0 aliphatic rings. The van der Waals surface area contributed by atoms with E-state index in [9.17, 15) is 16.8 Å². The first-order chi connectivity index (χ1) is 7.18. The monoisotopic (exact) mass is 282 g/mol. The van der Waals surface area contributed by atoms with E-state index in [1.54, 1.807) is 12.1 Å². The quantitative estimate of drug-likeness (QED) is 0.778. The van der Waals surface area contributed by atoms with Gasteiger partial charge in [0.1, 0.15) is 0 Å². The summed E-state index contributed by atoms with van der Waals surface area (Å²) in [5.74, 6) is -0.160. The lowest BCUT2D eigenvalue weighted by molar-refractivity contribution is 0.601. The molecule has 0 heterocycles. The highest BCUT2D eigenvalue weighted by Crippen LogP contribution is 2.11. The second kappa shape index (κ2) is 4.73. The standard InChI is InChI=1S/C9H11ClO4S2/c1-15(11,12)9-4-2-8(3-5-9)6-7-16(10,13)14/h2-5H,6-7H2,1H3. The zero-order chi connectivity index (χ0) is 12.4. The van der Waals surface area contributed by atoms with Crippen molar-refractivity contribution >= 4 is 29.6 Å². The maximum atomic E-state index is 11.1. The highest BCUT2D eigenvalue weighted by Gasteiger charge is 2.08. The van der Waals surface area contributed by atoms with Crippen LogP contribution in [0.2, 0.25) is 0 Å². The summed E-state index contributed by atoms with van der Waals surface area (Å²) in [5.41, 5.74) is 0.733. The minimum Gasteiger partial charge on any atom is -0.224 e. The molecule has 0 spiro atoms. The van der Waals surface area contributed by atoms with Crippen molar-refractivity contribution in [3.8, 4) is 0 Å². The topological polar surface area (TPSA) is 68.3 Å². The summed E-state index contributed by atoms with van der Waals surface area (Å²) in [5, 5.41) is 0. The zero-order valence-corrected chi connectivity index (χ0v) is 10.9. The smallest absolute Gasteiger partial charge is 0.224 e. The second-order valence-electron chi connectivity index (χ2n) is 3.41. The molecule has 0 N–H and O–H groups in total. The number of aryl methyl sites for hydroxylation is 1. The van der Waals surface area contributed by atoms with Gasteiger partial charge in [-0.25, -0.2) is 16.8 Å². The van der Waals surface area contributed by atoms with E-state index in [1.165, 1.54) is 12.1 Å². The molecule has 0 fully saturated rings. The Morgan fingerprint density at radius 1 is 1.06 bits per heavy atom. The minimum atomic E-state index is -3.51. The van der Waals surface area contributed by atoms with Crippen LogP contribution in [0, 0.1) is 0 Å². The molecule has 4 nitrogen and oxygen atoms in total. The summed E-state index contributed by atoms with van der Waals surface area (Å²) in [6, 6.07) is 6.06. The third-order valence-corrected chi connectivity index (χ3v) is 4.27. The molecule has 0 radical (unpaired) electrons. The molecule has 1 aromatic carbocycles. The van der Waals surface area contributed by atoms with Crippen LogP contribution in [-0.2, 0) is 25.3 Å². The van der Waals surface area contributed by atoms with Crippen LogP contribution >= 0.6 is 10.7 Å². The Hall–Kier alpha value is -0.590. The van der Waals surface area contributed by atoms with Gasteiger partial charge in [0.25, 0.3) is 0 Å². The van der Waals surface area contributed by atoms with E-state index in [0.717, 1.165) is 11.8 Å². The molecule has 1 aromatic rings. The maximum absolute atomic E-state index is 11.1. The van der Waals surface area contributed by atoms with Gasteiger partial charge in [-0.2, -0.15) is 0 Å². The summed E-state index contributed by atoms with van der Waals surface area (Å²) < 4.78 is 43.7. The minimum absolute atomic E-state index is 0.160. The Morgan fingerprint density at radius 3 is 1.94 bits per heavy atom. The Kier molecular flexibility index (Phi) is 3.98. The first-order valence-electron chi connectivity index (χ1n) is 4.40. The van der Waals surface area contributed by atoms with Crippen LogP contribution in [0.1, 0.15) is 5.56 Å². The molecule has 0 saturated carbocycles. The number of halogens is 1. The van der Waals surface area contributed by atoms with Gasteiger partial charge in [0.2, 0.25) is 9.05 Å². The molecule has 0 amide bonds. The Bertz CT molecular complexity index is 558. The third-order valence-electron chi connectivity index (χ3n) is 1.99. The van der Waals surface area contributed by atoms with Gasteiger partial charge >= 0.3 is 0 Å². The van der Waals surface area contributed by atoms with E-state index in [2.05, 4.69) is 0 Å². The fourth-order valence-corrected chi connectivity index (χ4v) is 2.48. The highest BCUT2D eigenvalue weighted by atomic mass is 35.7. The molecule has 0 aliphatic heterocycles. The summed E-state index contributed by atoms with van der Waals surface area (Å²) in [7, 11) is -1.65. The van der Waals surface area contributed by atoms with E-state index in [4.69, 9.17) is 10.7 Å². The summed E-state index contributed by atoms with van der Waals surface area (Å²) in [4.78, 5) is 0.213. The van der Waals surface area contributed by atoms with E-state index < -0.39 is 18.9 Å². The van der Waals surface area contributed by atoms with E-state index in [-0.39, 0.29) is 17.1 Å². The van der Waals surface area contributed by atoms with Crippen molar-refractivity contribution in [1.29, 1.82) is 0 Å². The number of benzene rings is 1. The van der Waals surface area contributed by atoms with Gasteiger partial charge in [-0.05, 0) is 24.1 Å². The average molecular weight is 283 g/mol. The van der Waals surface area contributed by atoms with Gasteiger partial charge in [-0.15, -0.1) is 0 Å². The van der Waals surface area contributed by atoms with Gasteiger partial charge in [0.15, 0.2) is 9.84 Å². The van der Waals surface area contributed by atoms with Gasteiger partial charge in [0, 0.05) is 16.9 Å². The molecule has 0 aromatic heterocycles. The molecule has 0 unspecified atom stereocenters. The van der Waals surface area contributed by atoms with Crippen LogP contribution in [0.3, 0.4) is 0 Å². The van der Waals surface area contributed by atoms with E-state index in [0.29, 0.717) is 0 Å². The van der Waals surface area contributed by atoms with Crippen LogP contribution in [0.5, 0.6) is 0 Å². The van der Waals surface area contributed by atoms with Crippen LogP contribution < -0.4 is 0 Å². The van der Waals surface area contributed by atoms with Crippen LogP contribution in [0.15, 0.2) is 29.2 Å². The fraction of sp³-hybridized carbons (Fsp3) is 0.333. The normalized spacial score (nSPS) is 12.6. The van der Waals surface area contributed by atoms with Crippen molar-refractivity contribution in [1.82, 2.24) is 0 Å². The van der Waals surface area contributed by atoms with Crippen molar-refractivity contribution < 1.29 is 16.8 Å². The maximum Gasteiger partial charge on any atom is 0.232 e. The molecule has 0 bridgehead atoms. The van der Waals surface area contributed by atoms with Crippen molar-refractivity contribution in [2.75, 3.05) is 12.0 Å². The lowest BCUT2D eigenvalue weighted by Crippen LogP contribution is -2.02. The molecule has 90 valence electrons. The lowest BCUT2D eigenvalue weighted by atomic mass is 10.2. The molecule has 0 atom stereocenters. The average Bonchev–Trinajstić information content (AvgIpc) is 2.13. The fourth-order valence-electron chi connectivity index (χ4n) is 1.14. The largest absolute Gasteiger partial charge is 0.232 e. The Morgan fingerprint density at radius 2 is 1.56 bits per heavy atom. The second-order valence-corrected chi connectivity index (χ2v) is 8.32. The van der Waals surface area contributed by atoms with Gasteiger partial charge in [-0.3, -0.25) is 0 Å². The van der Waals surface area contributed by atoms with Crippen LogP contribution in [0.25, 0.3) is 0 Å². The summed E-state index contributed by atoms with van der Waals surface area (Å²) >= 11 is 0. The first-order valence-corrected chi connectivity index (χ1v) is 8.77. The molecule has 16 heavy (non-hydrogen) atoms. The predicted octanol–water partition coefficient (Wildman–Crippen LogP) is 1.20. The Balaban J connectivity index is 2.81. The first kappa shape index (κ1) is 13.5. The summed E-state index contributed by atoms with van der Waals surface area (Å²) in [6.07, 6.45) is 1.39. The number of hydrogen-bond donors (Lipinski definition) is 0. The molecular formula is C9H11ClO4S2. The van der Waals surface area contributed by atoms with E-state index >= 15 is 0 Å². The zero-order valence-electron chi connectivity index (χ0n) is 8.55. The van der Waals surface area contributed by atoms with Crippen molar-refractivity contribution in [2.45, 2.75) is 11.3 Å². The molecule has 0 saturated heterocycles. The SMILES string of the molecule is CS(=O)(=O)c1ccc(CCS(=O)(=O)Cl)cc1. The van der Waals surface area contributed by atoms with Crippen LogP contribution in [-0.4, -0.2) is 28.8 Å². The number of hydrogen-bond acceptors (Lipinski definition) is 4. The van der Waals surface area contributed by atoms with Crippen LogP contribution in [0.4, 0.5) is 0 Å². The lowest BCUT2D eigenvalue weighted by Gasteiger charge is -2.01. The number of sulfone groups is 1. The molecular weight excluding hydrogens is 272 g/mol. The molecule has 1 rings (SSSR count). The summed E-state index contributed by atoms with van der Waals surface area (Å²) in [6.45, 7) is 0. The Labute approximate surface area is 99.6 Å². The molecule has 7 heteroatoms. The van der Waals surface area contributed by atoms with Crippen molar-refractivity contribution in [3.63, 3.8) is 0 Å². The van der Waals surface area contributed by atoms with Gasteiger partial charge in [0.05, 0.1) is 10.6 Å². The predicted molar refractivity (Wildman–Crippen MR) is 62.9 cm³/mol. The van der Waals surface area contributed by atoms with Crippen molar-refractivity contribution in [2.24, 2.45) is 0 Å². The van der Waals surface area contributed by atoms with Gasteiger partial charge in [-0.1, -0.05) is 12.1 Å². The van der Waals surface area contributed by atoms with Crippen molar-refractivity contribution in [3.05, 3.63) is 29.8 Å². The van der Waals surface area contributed by atoms with Gasteiger partial charge < -0.3 is 0 Å².